The van der Waals surface area contributed by atoms with Gasteiger partial charge < -0.3 is 15.8 Å². The Morgan fingerprint density at radius 1 is 1.17 bits per heavy atom. The smallest absolute Gasteiger partial charge is 0.340 e. The molecule has 3 N–H and O–H groups in total. The molecule has 1 amide bonds. The van der Waals surface area contributed by atoms with E-state index < -0.39 is 18.5 Å². The largest absolute Gasteiger partial charge is 0.452 e. The van der Waals surface area contributed by atoms with E-state index in [-0.39, 0.29) is 17.3 Å². The number of anilines is 1. The number of esters is 1. The highest BCUT2D eigenvalue weighted by atomic mass is 35.5. The molecule has 2 aromatic carbocycles. The number of hydrogen-bond donors (Lipinski definition) is 2. The van der Waals surface area contributed by atoms with Crippen LogP contribution in [0.5, 0.6) is 0 Å². The van der Waals surface area contributed by atoms with Gasteiger partial charge >= 0.3 is 5.97 Å². The molecule has 0 saturated heterocycles. The maximum absolute atomic E-state index is 12.0. The van der Waals surface area contributed by atoms with Crippen molar-refractivity contribution in [2.75, 3.05) is 12.3 Å². The first-order chi connectivity index (χ1) is 11.4. The molecule has 0 aromatic heterocycles. The average Bonchev–Trinajstić information content (AvgIpc) is 2.54. The van der Waals surface area contributed by atoms with Gasteiger partial charge in [-0.1, -0.05) is 35.3 Å². The van der Waals surface area contributed by atoms with Crippen molar-refractivity contribution in [1.82, 2.24) is 5.32 Å². The standard InChI is InChI=1S/C17H16Cl2N2O3/c1-10(11-3-2-4-12(18)7-11)21-16(22)9-24-17(23)14-8-13(19)5-6-15(14)20/h2-8,10H,9,20H2,1H3,(H,21,22)/t10-/m1/s1. The summed E-state index contributed by atoms with van der Waals surface area (Å²) in [6, 6.07) is 11.3. The van der Waals surface area contributed by atoms with Crippen LogP contribution in [0.25, 0.3) is 0 Å². The van der Waals surface area contributed by atoms with Crippen LogP contribution in [0, 0.1) is 0 Å². The lowest BCUT2D eigenvalue weighted by Crippen LogP contribution is -2.31. The molecule has 126 valence electrons. The summed E-state index contributed by atoms with van der Waals surface area (Å²) < 4.78 is 4.97. The predicted molar refractivity (Wildman–Crippen MR) is 94.2 cm³/mol. The molecule has 0 aliphatic carbocycles. The number of nitrogen functional groups attached to an aromatic ring is 1. The van der Waals surface area contributed by atoms with Gasteiger partial charge in [0, 0.05) is 15.7 Å². The summed E-state index contributed by atoms with van der Waals surface area (Å²) in [4.78, 5) is 23.9. The number of ether oxygens (including phenoxy) is 1. The van der Waals surface area contributed by atoms with Crippen LogP contribution < -0.4 is 11.1 Å². The maximum atomic E-state index is 12.0. The van der Waals surface area contributed by atoms with Crippen molar-refractivity contribution in [3.63, 3.8) is 0 Å². The van der Waals surface area contributed by atoms with Crippen LogP contribution in [0.4, 0.5) is 5.69 Å². The Kier molecular flexibility index (Phi) is 6.06. The molecule has 5 nitrogen and oxygen atoms in total. The van der Waals surface area contributed by atoms with E-state index in [9.17, 15) is 9.59 Å². The molecule has 2 rings (SSSR count). The molecule has 0 fully saturated rings. The lowest BCUT2D eigenvalue weighted by atomic mass is 10.1. The molecule has 2 aromatic rings. The van der Waals surface area contributed by atoms with Crippen molar-refractivity contribution >= 4 is 40.8 Å². The zero-order valence-electron chi connectivity index (χ0n) is 12.9. The highest BCUT2D eigenvalue weighted by Crippen LogP contribution is 2.19. The molecular formula is C17H16Cl2N2O3. The quantitative estimate of drug-likeness (QED) is 0.625. The van der Waals surface area contributed by atoms with E-state index in [1.165, 1.54) is 12.1 Å². The van der Waals surface area contributed by atoms with Crippen molar-refractivity contribution < 1.29 is 14.3 Å². The van der Waals surface area contributed by atoms with Crippen LogP contribution in [0.2, 0.25) is 10.0 Å². The number of carbonyl (C=O) groups excluding carboxylic acids is 2. The van der Waals surface area contributed by atoms with Crippen molar-refractivity contribution in [3.05, 3.63) is 63.6 Å². The second-order valence-electron chi connectivity index (χ2n) is 5.15. The summed E-state index contributed by atoms with van der Waals surface area (Å²) in [5.74, 6) is -1.14. The normalized spacial score (nSPS) is 11.6. The summed E-state index contributed by atoms with van der Waals surface area (Å²) in [5, 5.41) is 3.66. The maximum Gasteiger partial charge on any atom is 0.340 e. The van der Waals surface area contributed by atoms with Crippen LogP contribution in [-0.4, -0.2) is 18.5 Å². The van der Waals surface area contributed by atoms with Gasteiger partial charge in [-0.3, -0.25) is 4.79 Å². The monoisotopic (exact) mass is 366 g/mol. The van der Waals surface area contributed by atoms with Crippen molar-refractivity contribution in [3.8, 4) is 0 Å². The van der Waals surface area contributed by atoms with Gasteiger partial charge in [-0.2, -0.15) is 0 Å². The fourth-order valence-electron chi connectivity index (χ4n) is 2.06. The minimum atomic E-state index is -0.708. The molecule has 24 heavy (non-hydrogen) atoms. The number of carbonyl (C=O) groups is 2. The molecular weight excluding hydrogens is 351 g/mol. The molecule has 0 heterocycles. The summed E-state index contributed by atoms with van der Waals surface area (Å²) >= 11 is 11.7. The molecule has 0 unspecified atom stereocenters. The molecule has 0 radical (unpaired) electrons. The third-order valence-electron chi connectivity index (χ3n) is 3.30. The van der Waals surface area contributed by atoms with E-state index in [0.29, 0.717) is 10.0 Å². The highest BCUT2D eigenvalue weighted by molar-refractivity contribution is 6.31. The zero-order chi connectivity index (χ0) is 17.7. The van der Waals surface area contributed by atoms with E-state index in [4.69, 9.17) is 33.7 Å². The van der Waals surface area contributed by atoms with Gasteiger partial charge in [-0.15, -0.1) is 0 Å². The SMILES string of the molecule is C[C@@H](NC(=O)COC(=O)c1cc(Cl)ccc1N)c1cccc(Cl)c1. The Labute approximate surface area is 149 Å². The van der Waals surface area contributed by atoms with E-state index in [1.807, 2.05) is 6.07 Å². The number of nitrogens with one attached hydrogen (secondary N) is 1. The van der Waals surface area contributed by atoms with Gasteiger partial charge in [0.1, 0.15) is 0 Å². The highest BCUT2D eigenvalue weighted by Gasteiger charge is 2.15. The average molecular weight is 367 g/mol. The molecule has 0 bridgehead atoms. The Balaban J connectivity index is 1.91. The minimum Gasteiger partial charge on any atom is -0.452 e. The van der Waals surface area contributed by atoms with Crippen LogP contribution in [0.3, 0.4) is 0 Å². The lowest BCUT2D eigenvalue weighted by molar-refractivity contribution is -0.124. The van der Waals surface area contributed by atoms with Gasteiger partial charge in [-0.05, 0) is 42.8 Å². The first-order valence-corrected chi connectivity index (χ1v) is 7.89. The lowest BCUT2D eigenvalue weighted by Gasteiger charge is -2.15. The number of halogens is 2. The summed E-state index contributed by atoms with van der Waals surface area (Å²) in [7, 11) is 0. The molecule has 0 aliphatic heterocycles. The third-order valence-corrected chi connectivity index (χ3v) is 3.77. The minimum absolute atomic E-state index is 0.123. The van der Waals surface area contributed by atoms with Crippen LogP contribution in [0.15, 0.2) is 42.5 Å². The Morgan fingerprint density at radius 2 is 1.88 bits per heavy atom. The van der Waals surface area contributed by atoms with Gasteiger partial charge in [0.2, 0.25) is 0 Å². The Hall–Kier alpha value is -2.24. The topological polar surface area (TPSA) is 81.4 Å². The van der Waals surface area contributed by atoms with Crippen LogP contribution in [0.1, 0.15) is 28.9 Å². The fraction of sp³-hybridized carbons (Fsp3) is 0.176. The summed E-state index contributed by atoms with van der Waals surface area (Å²) in [6.07, 6.45) is 0. The molecule has 0 spiro atoms. The van der Waals surface area contributed by atoms with Crippen molar-refractivity contribution in [1.29, 1.82) is 0 Å². The second kappa shape index (κ2) is 8.04. The zero-order valence-corrected chi connectivity index (χ0v) is 14.4. The van der Waals surface area contributed by atoms with E-state index in [0.717, 1.165) is 5.56 Å². The van der Waals surface area contributed by atoms with Crippen LogP contribution >= 0.6 is 23.2 Å². The van der Waals surface area contributed by atoms with Gasteiger partial charge in [0.25, 0.3) is 5.91 Å². The predicted octanol–water partition coefficient (Wildman–Crippen LogP) is 3.61. The Bertz CT molecular complexity index is 765. The van der Waals surface area contributed by atoms with Crippen molar-refractivity contribution in [2.24, 2.45) is 0 Å². The summed E-state index contributed by atoms with van der Waals surface area (Å²) in [5.41, 5.74) is 6.90. The van der Waals surface area contributed by atoms with Gasteiger partial charge in [-0.25, -0.2) is 4.79 Å². The molecule has 0 aliphatic rings. The number of hydrogen-bond acceptors (Lipinski definition) is 4. The first kappa shape index (κ1) is 18.1. The van der Waals surface area contributed by atoms with E-state index in [1.54, 1.807) is 31.2 Å². The molecule has 0 saturated carbocycles. The molecule has 7 heteroatoms. The second-order valence-corrected chi connectivity index (χ2v) is 6.02. The molecule has 1 atom stereocenters. The number of amides is 1. The summed E-state index contributed by atoms with van der Waals surface area (Å²) in [6.45, 7) is 1.38. The van der Waals surface area contributed by atoms with Crippen molar-refractivity contribution in [2.45, 2.75) is 13.0 Å². The van der Waals surface area contributed by atoms with Gasteiger partial charge in [0.05, 0.1) is 11.6 Å². The van der Waals surface area contributed by atoms with E-state index >= 15 is 0 Å². The number of rotatable bonds is 5. The van der Waals surface area contributed by atoms with Gasteiger partial charge in [0.15, 0.2) is 6.61 Å². The first-order valence-electron chi connectivity index (χ1n) is 7.14. The van der Waals surface area contributed by atoms with E-state index in [2.05, 4.69) is 5.32 Å². The fourth-order valence-corrected chi connectivity index (χ4v) is 2.43. The third kappa shape index (κ3) is 4.88. The number of benzene rings is 2. The van der Waals surface area contributed by atoms with Crippen LogP contribution in [-0.2, 0) is 9.53 Å². The number of nitrogens with two attached hydrogens (primary N) is 1. The Morgan fingerprint density at radius 3 is 2.58 bits per heavy atom.